The molecule has 140 valence electrons. The molecule has 2 aromatic rings. The van der Waals surface area contributed by atoms with Gasteiger partial charge in [-0.2, -0.15) is 4.72 Å². The van der Waals surface area contributed by atoms with Crippen LogP contribution in [0.25, 0.3) is 0 Å². The van der Waals surface area contributed by atoms with Crippen LogP contribution in [0.15, 0.2) is 59.5 Å². The van der Waals surface area contributed by atoms with Crippen LogP contribution in [0.1, 0.15) is 35.3 Å². The Bertz CT molecular complexity index is 947. The molecule has 3 atom stereocenters. The normalized spacial score (nSPS) is 19.7. The van der Waals surface area contributed by atoms with Gasteiger partial charge in [0.05, 0.1) is 17.5 Å². The summed E-state index contributed by atoms with van der Waals surface area (Å²) in [6.45, 7) is 2.10. The summed E-state index contributed by atoms with van der Waals surface area (Å²) in [4.78, 5) is 12.8. The van der Waals surface area contributed by atoms with Crippen LogP contribution in [-0.2, 0) is 10.0 Å². The maximum Gasteiger partial charge on any atom is 0.251 e. The maximum absolute atomic E-state index is 12.7. The molecule has 2 aromatic carbocycles. The standard InChI is InChI=1S/C21H22N2O3S/c1-3-13-22-27(25,26)18-11-9-17(10-12-18)21(24)23-20(19-14-15(19)2)16-7-5-4-6-8-16/h1,4-12,15,19-20,22H,13-14H2,2H3,(H,23,24). The molecule has 5 nitrogen and oxygen atoms in total. The van der Waals surface area contributed by atoms with E-state index in [4.69, 9.17) is 6.42 Å². The molecule has 3 rings (SSSR count). The van der Waals surface area contributed by atoms with Crippen molar-refractivity contribution < 1.29 is 13.2 Å². The number of carbonyl (C=O) groups is 1. The molecule has 0 saturated heterocycles. The lowest BCUT2D eigenvalue weighted by Gasteiger charge is -2.19. The SMILES string of the molecule is C#CCNS(=O)(=O)c1ccc(C(=O)NC(c2ccccc2)C2CC2C)cc1. The first-order chi connectivity index (χ1) is 12.9. The van der Waals surface area contributed by atoms with E-state index in [1.807, 2.05) is 30.3 Å². The number of benzene rings is 2. The summed E-state index contributed by atoms with van der Waals surface area (Å²) >= 11 is 0. The van der Waals surface area contributed by atoms with Gasteiger partial charge in [0.1, 0.15) is 0 Å². The molecule has 0 heterocycles. The first kappa shape index (κ1) is 19.2. The van der Waals surface area contributed by atoms with Crippen LogP contribution in [0.2, 0.25) is 0 Å². The van der Waals surface area contributed by atoms with Crippen molar-refractivity contribution in [1.29, 1.82) is 0 Å². The number of amides is 1. The fourth-order valence-electron chi connectivity index (χ4n) is 3.14. The summed E-state index contributed by atoms with van der Waals surface area (Å²) in [6, 6.07) is 15.7. The summed E-state index contributed by atoms with van der Waals surface area (Å²) in [7, 11) is -3.67. The van der Waals surface area contributed by atoms with Crippen LogP contribution >= 0.6 is 0 Å². The molecular weight excluding hydrogens is 360 g/mol. The molecule has 0 spiro atoms. The first-order valence-electron chi connectivity index (χ1n) is 8.81. The van der Waals surface area contributed by atoms with E-state index >= 15 is 0 Å². The zero-order valence-corrected chi connectivity index (χ0v) is 15.9. The highest BCUT2D eigenvalue weighted by atomic mass is 32.2. The Morgan fingerprint density at radius 2 is 1.81 bits per heavy atom. The van der Waals surface area contributed by atoms with Gasteiger partial charge in [-0.25, -0.2) is 8.42 Å². The quantitative estimate of drug-likeness (QED) is 0.723. The van der Waals surface area contributed by atoms with Crippen molar-refractivity contribution in [1.82, 2.24) is 10.0 Å². The largest absolute Gasteiger partial charge is 0.345 e. The zero-order valence-electron chi connectivity index (χ0n) is 15.1. The van der Waals surface area contributed by atoms with E-state index in [0.717, 1.165) is 12.0 Å². The minimum atomic E-state index is -3.67. The van der Waals surface area contributed by atoms with Gasteiger partial charge in [-0.05, 0) is 48.1 Å². The van der Waals surface area contributed by atoms with Gasteiger partial charge >= 0.3 is 0 Å². The predicted octanol–water partition coefficient (Wildman–Crippen LogP) is 2.73. The van der Waals surface area contributed by atoms with Gasteiger partial charge in [0.15, 0.2) is 0 Å². The number of hydrogen-bond donors (Lipinski definition) is 2. The zero-order chi connectivity index (χ0) is 19.4. The minimum Gasteiger partial charge on any atom is -0.345 e. The molecule has 6 heteroatoms. The van der Waals surface area contributed by atoms with E-state index in [9.17, 15) is 13.2 Å². The fourth-order valence-corrected chi connectivity index (χ4v) is 4.08. The summed E-state index contributed by atoms with van der Waals surface area (Å²) in [6.07, 6.45) is 6.16. The van der Waals surface area contributed by atoms with Crippen molar-refractivity contribution in [3.8, 4) is 12.3 Å². The molecule has 27 heavy (non-hydrogen) atoms. The third-order valence-electron chi connectivity index (χ3n) is 4.84. The Morgan fingerprint density at radius 3 is 2.37 bits per heavy atom. The highest BCUT2D eigenvalue weighted by Crippen LogP contribution is 2.47. The van der Waals surface area contributed by atoms with Gasteiger partial charge in [0, 0.05) is 5.56 Å². The molecule has 2 N–H and O–H groups in total. The van der Waals surface area contributed by atoms with Crippen LogP contribution < -0.4 is 10.0 Å². The van der Waals surface area contributed by atoms with Crippen molar-refractivity contribution in [2.75, 3.05) is 6.54 Å². The van der Waals surface area contributed by atoms with E-state index in [2.05, 4.69) is 22.9 Å². The molecule has 0 radical (unpaired) electrons. The summed E-state index contributed by atoms with van der Waals surface area (Å²) in [5.74, 6) is 3.00. The molecule has 0 aromatic heterocycles. The topological polar surface area (TPSA) is 75.3 Å². The first-order valence-corrected chi connectivity index (χ1v) is 10.3. The van der Waals surface area contributed by atoms with E-state index in [1.54, 1.807) is 0 Å². The molecule has 0 aliphatic heterocycles. The van der Waals surface area contributed by atoms with E-state index in [0.29, 0.717) is 17.4 Å². The highest BCUT2D eigenvalue weighted by molar-refractivity contribution is 7.89. The summed E-state index contributed by atoms with van der Waals surface area (Å²) < 4.78 is 26.4. The molecule has 3 unspecified atom stereocenters. The van der Waals surface area contributed by atoms with Crippen molar-refractivity contribution in [2.45, 2.75) is 24.3 Å². The Morgan fingerprint density at radius 1 is 1.19 bits per heavy atom. The lowest BCUT2D eigenvalue weighted by atomic mass is 10.0. The van der Waals surface area contributed by atoms with E-state index < -0.39 is 10.0 Å². The van der Waals surface area contributed by atoms with Gasteiger partial charge in [0.25, 0.3) is 5.91 Å². The average molecular weight is 382 g/mol. The highest BCUT2D eigenvalue weighted by Gasteiger charge is 2.40. The van der Waals surface area contributed by atoms with Crippen molar-refractivity contribution in [3.05, 3.63) is 65.7 Å². The van der Waals surface area contributed by atoms with Crippen molar-refractivity contribution in [2.24, 2.45) is 11.8 Å². The van der Waals surface area contributed by atoms with Gasteiger partial charge in [-0.3, -0.25) is 4.79 Å². The summed E-state index contributed by atoms with van der Waals surface area (Å²) in [5.41, 5.74) is 1.50. The Labute approximate surface area is 160 Å². The number of carbonyl (C=O) groups excluding carboxylic acids is 1. The number of nitrogens with one attached hydrogen (secondary N) is 2. The fraction of sp³-hybridized carbons (Fsp3) is 0.286. The Balaban J connectivity index is 1.74. The number of sulfonamides is 1. The average Bonchev–Trinajstić information content (AvgIpc) is 3.41. The third kappa shape index (κ3) is 4.57. The van der Waals surface area contributed by atoms with Crippen LogP contribution in [-0.4, -0.2) is 20.9 Å². The maximum atomic E-state index is 12.7. The second kappa shape index (κ2) is 7.95. The van der Waals surface area contributed by atoms with Crippen LogP contribution in [0, 0.1) is 24.2 Å². The monoisotopic (exact) mass is 382 g/mol. The van der Waals surface area contributed by atoms with Gasteiger partial charge < -0.3 is 5.32 Å². The molecule has 1 saturated carbocycles. The van der Waals surface area contributed by atoms with Crippen LogP contribution in [0.4, 0.5) is 0 Å². The van der Waals surface area contributed by atoms with Crippen LogP contribution in [0.5, 0.6) is 0 Å². The molecule has 1 fully saturated rings. The second-order valence-corrected chi connectivity index (χ2v) is 8.56. The van der Waals surface area contributed by atoms with Gasteiger partial charge in [-0.1, -0.05) is 43.2 Å². The van der Waals surface area contributed by atoms with Crippen molar-refractivity contribution >= 4 is 15.9 Å². The number of hydrogen-bond acceptors (Lipinski definition) is 3. The lowest BCUT2D eigenvalue weighted by molar-refractivity contribution is 0.0930. The number of rotatable bonds is 7. The number of terminal acetylenes is 1. The second-order valence-electron chi connectivity index (χ2n) is 6.79. The Kier molecular flexibility index (Phi) is 5.64. The Hall–Kier alpha value is -2.62. The smallest absolute Gasteiger partial charge is 0.251 e. The molecular formula is C21H22N2O3S. The summed E-state index contributed by atoms with van der Waals surface area (Å²) in [5, 5.41) is 3.10. The molecule has 0 bridgehead atoms. The van der Waals surface area contributed by atoms with E-state index in [1.165, 1.54) is 24.3 Å². The van der Waals surface area contributed by atoms with E-state index in [-0.39, 0.29) is 23.4 Å². The molecule has 1 amide bonds. The molecule has 1 aliphatic carbocycles. The molecule has 1 aliphatic rings. The van der Waals surface area contributed by atoms with Crippen LogP contribution in [0.3, 0.4) is 0 Å². The van der Waals surface area contributed by atoms with Gasteiger partial charge in [0.2, 0.25) is 10.0 Å². The third-order valence-corrected chi connectivity index (χ3v) is 6.25. The predicted molar refractivity (Wildman–Crippen MR) is 104 cm³/mol. The lowest BCUT2D eigenvalue weighted by Crippen LogP contribution is -2.30. The van der Waals surface area contributed by atoms with Crippen molar-refractivity contribution in [3.63, 3.8) is 0 Å². The minimum absolute atomic E-state index is 0.0468. The van der Waals surface area contributed by atoms with Gasteiger partial charge in [-0.15, -0.1) is 6.42 Å².